The number of ether oxygens (including phenoxy) is 3. The van der Waals surface area contributed by atoms with Gasteiger partial charge in [-0.3, -0.25) is 0 Å². The van der Waals surface area contributed by atoms with Gasteiger partial charge < -0.3 is 19.3 Å². The fourth-order valence-corrected chi connectivity index (χ4v) is 3.95. The third-order valence-electron chi connectivity index (χ3n) is 5.74. The molecule has 1 heterocycles. The van der Waals surface area contributed by atoms with E-state index in [1.54, 1.807) is 7.11 Å². The summed E-state index contributed by atoms with van der Waals surface area (Å²) in [5, 5.41) is 10.6. The van der Waals surface area contributed by atoms with Crippen molar-refractivity contribution in [2.45, 2.75) is 69.9 Å². The Morgan fingerprint density at radius 2 is 1.84 bits per heavy atom. The molecular formula is C27H34O5. The summed E-state index contributed by atoms with van der Waals surface area (Å²) in [6.45, 7) is 0.436. The Morgan fingerprint density at radius 1 is 1.06 bits per heavy atom. The zero-order chi connectivity index (χ0) is 22.6. The molecule has 0 radical (unpaired) electrons. The molecular weight excluding hydrogens is 404 g/mol. The minimum atomic E-state index is -0.443. The molecule has 1 aliphatic rings. The molecule has 3 atom stereocenters. The predicted octanol–water partition coefficient (Wildman–Crippen LogP) is 5.01. The molecule has 3 rings (SSSR count). The van der Waals surface area contributed by atoms with Crippen LogP contribution in [0.2, 0.25) is 0 Å². The number of benzene rings is 2. The van der Waals surface area contributed by atoms with Crippen LogP contribution in [-0.4, -0.2) is 36.5 Å². The number of rotatable bonds is 13. The fourth-order valence-electron chi connectivity index (χ4n) is 3.95. The number of hydrogen-bond acceptors (Lipinski definition) is 5. The van der Waals surface area contributed by atoms with Crippen LogP contribution in [0.15, 0.2) is 66.7 Å². The van der Waals surface area contributed by atoms with Gasteiger partial charge >= 0.3 is 5.97 Å². The molecule has 0 bridgehead atoms. The number of aryl methyl sites for hydroxylation is 1. The van der Waals surface area contributed by atoms with E-state index < -0.39 is 6.10 Å². The third kappa shape index (κ3) is 8.48. The summed E-state index contributed by atoms with van der Waals surface area (Å²) < 4.78 is 16.8. The van der Waals surface area contributed by atoms with Crippen molar-refractivity contribution >= 4 is 5.97 Å². The standard InChI is InChI=1S/C27H34O5/c1-30-24-16-14-22(15-17-24)20-31-26(19-25-12-7-13-27(29)32-25)18-23(28)11-6-5-10-21-8-3-2-4-9-21/h2-4,7-9,13-17,23,25-26,28H,5-6,10-12,18-20H2,1H3/t23-,25+,26-/m0/s1. The van der Waals surface area contributed by atoms with Gasteiger partial charge in [0.1, 0.15) is 11.9 Å². The summed E-state index contributed by atoms with van der Waals surface area (Å²) in [5.74, 6) is 0.494. The number of esters is 1. The van der Waals surface area contributed by atoms with Crippen molar-refractivity contribution < 1.29 is 24.1 Å². The lowest BCUT2D eigenvalue weighted by atomic mass is 9.98. The van der Waals surface area contributed by atoms with Gasteiger partial charge in [-0.1, -0.05) is 55.0 Å². The monoisotopic (exact) mass is 438 g/mol. The highest BCUT2D eigenvalue weighted by Crippen LogP contribution is 2.22. The quantitative estimate of drug-likeness (QED) is 0.352. The highest BCUT2D eigenvalue weighted by Gasteiger charge is 2.24. The summed E-state index contributed by atoms with van der Waals surface area (Å²) in [6, 6.07) is 18.2. The average molecular weight is 439 g/mol. The van der Waals surface area contributed by atoms with E-state index in [0.29, 0.717) is 25.9 Å². The maximum Gasteiger partial charge on any atom is 0.330 e. The van der Waals surface area contributed by atoms with Gasteiger partial charge in [-0.2, -0.15) is 0 Å². The Labute approximate surface area is 191 Å². The number of methoxy groups -OCH3 is 1. The molecule has 5 nitrogen and oxygen atoms in total. The second-order valence-corrected chi connectivity index (χ2v) is 8.33. The Kier molecular flexibility index (Phi) is 9.79. The number of unbranched alkanes of at least 4 members (excludes halogenated alkanes) is 1. The molecule has 5 heteroatoms. The van der Waals surface area contributed by atoms with Gasteiger partial charge in [-0.15, -0.1) is 0 Å². The van der Waals surface area contributed by atoms with Crippen molar-refractivity contribution in [2.24, 2.45) is 0 Å². The van der Waals surface area contributed by atoms with E-state index in [2.05, 4.69) is 24.3 Å². The van der Waals surface area contributed by atoms with Crippen LogP contribution in [0.5, 0.6) is 5.75 Å². The van der Waals surface area contributed by atoms with Gasteiger partial charge in [0.05, 0.1) is 25.9 Å². The molecule has 32 heavy (non-hydrogen) atoms. The summed E-state index contributed by atoms with van der Waals surface area (Å²) in [7, 11) is 1.64. The normalized spacial score (nSPS) is 17.6. The van der Waals surface area contributed by atoms with E-state index in [-0.39, 0.29) is 18.2 Å². The summed E-state index contributed by atoms with van der Waals surface area (Å²) in [6.07, 6.45) is 8.02. The molecule has 0 saturated carbocycles. The lowest BCUT2D eigenvalue weighted by molar-refractivity contribution is -0.146. The van der Waals surface area contributed by atoms with Crippen LogP contribution >= 0.6 is 0 Å². The van der Waals surface area contributed by atoms with Crippen LogP contribution < -0.4 is 4.74 Å². The van der Waals surface area contributed by atoms with Crippen LogP contribution in [0, 0.1) is 0 Å². The molecule has 1 N–H and O–H groups in total. The number of carbonyl (C=O) groups excluding carboxylic acids is 1. The summed E-state index contributed by atoms with van der Waals surface area (Å²) in [4.78, 5) is 11.6. The maximum absolute atomic E-state index is 11.6. The second-order valence-electron chi connectivity index (χ2n) is 8.33. The summed E-state index contributed by atoms with van der Waals surface area (Å²) >= 11 is 0. The first-order valence-corrected chi connectivity index (χ1v) is 11.5. The Hall–Kier alpha value is -2.63. The molecule has 0 spiro atoms. The Bertz CT molecular complexity index is 831. The van der Waals surface area contributed by atoms with Crippen molar-refractivity contribution in [3.8, 4) is 5.75 Å². The molecule has 0 saturated heterocycles. The third-order valence-corrected chi connectivity index (χ3v) is 5.74. The second kappa shape index (κ2) is 13.0. The SMILES string of the molecule is COc1ccc(CO[C@@H](C[C@@H](O)CCCCc2ccccc2)C[C@H]2CC=CC(=O)O2)cc1. The molecule has 2 aromatic carbocycles. The first kappa shape index (κ1) is 24.0. The highest BCUT2D eigenvalue weighted by atomic mass is 16.5. The topological polar surface area (TPSA) is 65.0 Å². The van der Waals surface area contributed by atoms with Gasteiger partial charge in [0.2, 0.25) is 0 Å². The fraction of sp³-hybridized carbons (Fsp3) is 0.444. The maximum atomic E-state index is 11.6. The van der Waals surface area contributed by atoms with E-state index in [1.807, 2.05) is 36.4 Å². The Morgan fingerprint density at radius 3 is 2.56 bits per heavy atom. The van der Waals surface area contributed by atoms with Crippen molar-refractivity contribution in [2.75, 3.05) is 7.11 Å². The lowest BCUT2D eigenvalue weighted by Crippen LogP contribution is -2.29. The van der Waals surface area contributed by atoms with Crippen molar-refractivity contribution in [1.29, 1.82) is 0 Å². The lowest BCUT2D eigenvalue weighted by Gasteiger charge is -2.26. The smallest absolute Gasteiger partial charge is 0.330 e. The summed E-state index contributed by atoms with van der Waals surface area (Å²) in [5.41, 5.74) is 2.36. The number of aliphatic hydroxyl groups excluding tert-OH is 1. The first-order valence-electron chi connectivity index (χ1n) is 11.5. The van der Waals surface area contributed by atoms with Crippen molar-refractivity contribution in [1.82, 2.24) is 0 Å². The van der Waals surface area contributed by atoms with Crippen molar-refractivity contribution in [3.05, 3.63) is 77.9 Å². The van der Waals surface area contributed by atoms with Crippen molar-refractivity contribution in [3.63, 3.8) is 0 Å². The number of aliphatic hydroxyl groups is 1. The Balaban J connectivity index is 1.48. The van der Waals surface area contributed by atoms with E-state index >= 15 is 0 Å². The molecule has 1 aliphatic heterocycles. The zero-order valence-corrected chi connectivity index (χ0v) is 18.8. The predicted molar refractivity (Wildman–Crippen MR) is 124 cm³/mol. The van der Waals surface area contributed by atoms with Gasteiger partial charge in [0, 0.05) is 18.9 Å². The molecule has 172 valence electrons. The van der Waals surface area contributed by atoms with Crippen LogP contribution in [0.1, 0.15) is 49.7 Å². The van der Waals surface area contributed by atoms with E-state index in [0.717, 1.165) is 37.0 Å². The largest absolute Gasteiger partial charge is 0.497 e. The van der Waals surface area contributed by atoms with E-state index in [4.69, 9.17) is 14.2 Å². The van der Waals surface area contributed by atoms with Gasteiger partial charge in [0.15, 0.2) is 0 Å². The van der Waals surface area contributed by atoms with Crippen LogP contribution in [0.25, 0.3) is 0 Å². The number of carbonyl (C=O) groups is 1. The van der Waals surface area contributed by atoms with Crippen LogP contribution in [0.4, 0.5) is 0 Å². The zero-order valence-electron chi connectivity index (χ0n) is 18.8. The molecule has 2 aromatic rings. The highest BCUT2D eigenvalue weighted by molar-refractivity contribution is 5.82. The van der Waals surface area contributed by atoms with Gasteiger partial charge in [0.25, 0.3) is 0 Å². The van der Waals surface area contributed by atoms with E-state index in [9.17, 15) is 9.90 Å². The minimum Gasteiger partial charge on any atom is -0.497 e. The van der Waals surface area contributed by atoms with Crippen LogP contribution in [0.3, 0.4) is 0 Å². The van der Waals surface area contributed by atoms with Gasteiger partial charge in [-0.05, 0) is 48.9 Å². The molecule has 0 fully saturated rings. The molecule has 0 aromatic heterocycles. The molecule has 0 amide bonds. The number of cyclic esters (lactones) is 1. The molecule has 0 unspecified atom stereocenters. The minimum absolute atomic E-state index is 0.189. The first-order chi connectivity index (χ1) is 15.6. The van der Waals surface area contributed by atoms with Gasteiger partial charge in [-0.25, -0.2) is 4.79 Å². The molecule has 0 aliphatic carbocycles. The van der Waals surface area contributed by atoms with Crippen LogP contribution in [-0.2, 0) is 27.3 Å². The van der Waals surface area contributed by atoms with E-state index in [1.165, 1.54) is 11.6 Å². The average Bonchev–Trinajstić information content (AvgIpc) is 2.81. The number of hydrogen-bond donors (Lipinski definition) is 1.